The molecule has 2 aliphatic heterocycles. The van der Waals surface area contributed by atoms with Crippen LogP contribution in [0.1, 0.15) is 26.2 Å². The van der Waals surface area contributed by atoms with Crippen LogP contribution in [0.4, 0.5) is 0 Å². The van der Waals surface area contributed by atoms with Crippen LogP contribution in [-0.2, 0) is 9.47 Å². The number of hydrogen-bond acceptors (Lipinski definition) is 4. The third-order valence-corrected chi connectivity index (χ3v) is 3.89. The van der Waals surface area contributed by atoms with Gasteiger partial charge >= 0.3 is 0 Å². The predicted octanol–water partition coefficient (Wildman–Crippen LogP) is 0.885. The summed E-state index contributed by atoms with van der Waals surface area (Å²) in [5.41, 5.74) is 0. The summed E-state index contributed by atoms with van der Waals surface area (Å²) >= 11 is 0. The number of rotatable bonds is 5. The first kappa shape index (κ1) is 13.3. The third-order valence-electron chi connectivity index (χ3n) is 3.89. The maximum atomic E-state index is 10.1. The minimum Gasteiger partial charge on any atom is -0.391 e. The van der Waals surface area contributed by atoms with E-state index in [-0.39, 0.29) is 6.10 Å². The van der Waals surface area contributed by atoms with E-state index in [9.17, 15) is 5.11 Å². The van der Waals surface area contributed by atoms with Crippen LogP contribution in [0.3, 0.4) is 0 Å². The van der Waals surface area contributed by atoms with E-state index in [1.54, 1.807) is 0 Å². The molecule has 0 bridgehead atoms. The van der Waals surface area contributed by atoms with Crippen molar-refractivity contribution in [3.8, 4) is 0 Å². The van der Waals surface area contributed by atoms with Gasteiger partial charge in [0.2, 0.25) is 0 Å². The Balaban J connectivity index is 1.66. The number of β-amino-alcohol motifs (C(OH)–C–C–N with tert-alkyl or cyclic N) is 1. The average Bonchev–Trinajstić information content (AvgIpc) is 2.86. The number of aliphatic hydroxyl groups is 1. The Hall–Kier alpha value is -0.160. The van der Waals surface area contributed by atoms with Crippen LogP contribution in [0, 0.1) is 5.92 Å². The summed E-state index contributed by atoms with van der Waals surface area (Å²) in [6.07, 6.45) is 3.42. The molecule has 4 nitrogen and oxygen atoms in total. The van der Waals surface area contributed by atoms with Gasteiger partial charge < -0.3 is 19.5 Å². The van der Waals surface area contributed by atoms with E-state index in [0.29, 0.717) is 12.0 Å². The fourth-order valence-electron chi connectivity index (χ4n) is 2.76. The van der Waals surface area contributed by atoms with Crippen molar-refractivity contribution in [1.29, 1.82) is 0 Å². The summed E-state index contributed by atoms with van der Waals surface area (Å²) < 4.78 is 10.9. The molecular weight excluding hydrogens is 218 g/mol. The zero-order valence-corrected chi connectivity index (χ0v) is 10.8. The van der Waals surface area contributed by atoms with Crippen LogP contribution in [0.2, 0.25) is 0 Å². The zero-order valence-electron chi connectivity index (χ0n) is 10.8. The summed E-state index contributed by atoms with van der Waals surface area (Å²) in [6.45, 7) is 7.31. The average molecular weight is 243 g/mol. The van der Waals surface area contributed by atoms with Gasteiger partial charge in [-0.2, -0.15) is 0 Å². The molecular formula is C13H25NO3. The van der Waals surface area contributed by atoms with E-state index in [1.807, 2.05) is 0 Å². The molecule has 0 saturated carbocycles. The largest absolute Gasteiger partial charge is 0.391 e. The summed E-state index contributed by atoms with van der Waals surface area (Å²) in [5, 5.41) is 10.1. The highest BCUT2D eigenvalue weighted by Crippen LogP contribution is 2.20. The molecule has 2 fully saturated rings. The van der Waals surface area contributed by atoms with Gasteiger partial charge in [0.1, 0.15) is 0 Å². The first-order valence-electron chi connectivity index (χ1n) is 6.89. The third kappa shape index (κ3) is 3.91. The van der Waals surface area contributed by atoms with Crippen LogP contribution in [0.15, 0.2) is 0 Å². The maximum Gasteiger partial charge on any atom is 0.0718 e. The Labute approximate surface area is 104 Å². The molecule has 0 aromatic carbocycles. The Morgan fingerprint density at radius 2 is 2.12 bits per heavy atom. The fourth-order valence-corrected chi connectivity index (χ4v) is 2.76. The summed E-state index contributed by atoms with van der Waals surface area (Å²) in [6, 6.07) is 0. The topological polar surface area (TPSA) is 41.9 Å². The van der Waals surface area contributed by atoms with Gasteiger partial charge in [-0.3, -0.25) is 0 Å². The lowest BCUT2D eigenvalue weighted by Crippen LogP contribution is -2.43. The van der Waals surface area contributed by atoms with E-state index >= 15 is 0 Å². The molecule has 1 N–H and O–H groups in total. The molecule has 2 heterocycles. The van der Waals surface area contributed by atoms with Crippen molar-refractivity contribution in [2.24, 2.45) is 5.92 Å². The van der Waals surface area contributed by atoms with Crippen molar-refractivity contribution < 1.29 is 14.6 Å². The molecule has 4 heteroatoms. The second-order valence-electron chi connectivity index (χ2n) is 5.15. The number of piperidine rings is 1. The van der Waals surface area contributed by atoms with Crippen LogP contribution < -0.4 is 0 Å². The monoisotopic (exact) mass is 243 g/mol. The molecule has 17 heavy (non-hydrogen) atoms. The molecule has 2 saturated heterocycles. The number of ether oxygens (including phenoxy) is 2. The summed E-state index contributed by atoms with van der Waals surface area (Å²) in [5.74, 6) is 0.347. The molecule has 2 rings (SSSR count). The van der Waals surface area contributed by atoms with Gasteiger partial charge in [-0.1, -0.05) is 0 Å². The van der Waals surface area contributed by atoms with Gasteiger partial charge in [-0.05, 0) is 26.2 Å². The molecule has 100 valence electrons. The second-order valence-corrected chi connectivity index (χ2v) is 5.15. The van der Waals surface area contributed by atoms with Crippen molar-refractivity contribution in [3.05, 3.63) is 0 Å². The maximum absolute atomic E-state index is 10.1. The van der Waals surface area contributed by atoms with Gasteiger partial charge in [0.15, 0.2) is 0 Å². The molecule has 2 aliphatic rings. The molecule has 0 aromatic heterocycles. The van der Waals surface area contributed by atoms with Crippen LogP contribution >= 0.6 is 0 Å². The Morgan fingerprint density at radius 1 is 1.35 bits per heavy atom. The van der Waals surface area contributed by atoms with Crippen molar-refractivity contribution in [3.63, 3.8) is 0 Å². The van der Waals surface area contributed by atoms with Crippen LogP contribution in [-0.4, -0.2) is 61.7 Å². The van der Waals surface area contributed by atoms with E-state index in [1.165, 1.54) is 0 Å². The molecule has 2 atom stereocenters. The Kier molecular flexibility index (Phi) is 5.22. The van der Waals surface area contributed by atoms with E-state index in [4.69, 9.17) is 9.47 Å². The lowest BCUT2D eigenvalue weighted by molar-refractivity contribution is -0.00511. The van der Waals surface area contributed by atoms with Gasteiger partial charge in [0.05, 0.1) is 18.8 Å². The highest BCUT2D eigenvalue weighted by atomic mass is 16.5. The van der Waals surface area contributed by atoms with E-state index in [0.717, 1.165) is 58.7 Å². The standard InChI is InChI=1S/C13H25NO3/c1-2-17-12-3-6-14(7-4-12)9-13(15)11-5-8-16-10-11/h11-13,15H,2-10H2,1H3. The highest BCUT2D eigenvalue weighted by molar-refractivity contribution is 4.79. The van der Waals surface area contributed by atoms with Crippen molar-refractivity contribution >= 4 is 0 Å². The van der Waals surface area contributed by atoms with Gasteiger partial charge in [0.25, 0.3) is 0 Å². The predicted molar refractivity (Wildman–Crippen MR) is 66.0 cm³/mol. The van der Waals surface area contributed by atoms with Crippen molar-refractivity contribution in [1.82, 2.24) is 4.90 Å². The Morgan fingerprint density at radius 3 is 2.71 bits per heavy atom. The van der Waals surface area contributed by atoms with Crippen LogP contribution in [0.5, 0.6) is 0 Å². The number of hydrogen-bond donors (Lipinski definition) is 1. The van der Waals surface area contributed by atoms with E-state index < -0.39 is 0 Å². The molecule has 0 spiro atoms. The molecule has 0 aliphatic carbocycles. The van der Waals surface area contributed by atoms with Gasteiger partial charge in [-0.15, -0.1) is 0 Å². The first-order valence-corrected chi connectivity index (χ1v) is 6.89. The highest BCUT2D eigenvalue weighted by Gasteiger charge is 2.27. The molecule has 0 radical (unpaired) electrons. The van der Waals surface area contributed by atoms with Crippen molar-refractivity contribution in [2.75, 3.05) is 39.5 Å². The summed E-state index contributed by atoms with van der Waals surface area (Å²) in [4.78, 5) is 2.36. The molecule has 0 aromatic rings. The van der Waals surface area contributed by atoms with Crippen molar-refractivity contribution in [2.45, 2.75) is 38.4 Å². The molecule has 0 amide bonds. The van der Waals surface area contributed by atoms with Gasteiger partial charge in [-0.25, -0.2) is 0 Å². The lowest BCUT2D eigenvalue weighted by Gasteiger charge is -2.33. The quantitative estimate of drug-likeness (QED) is 0.778. The van der Waals surface area contributed by atoms with Gasteiger partial charge in [0, 0.05) is 38.8 Å². The smallest absolute Gasteiger partial charge is 0.0718 e. The number of nitrogens with zero attached hydrogens (tertiary/aromatic N) is 1. The fraction of sp³-hybridized carbons (Fsp3) is 1.00. The minimum absolute atomic E-state index is 0.221. The Bertz CT molecular complexity index is 211. The minimum atomic E-state index is -0.221. The second kappa shape index (κ2) is 6.69. The SMILES string of the molecule is CCOC1CCN(CC(O)C2CCOC2)CC1. The number of likely N-dealkylation sites (tertiary alicyclic amines) is 1. The molecule has 2 unspecified atom stereocenters. The zero-order chi connectivity index (χ0) is 12.1. The van der Waals surface area contributed by atoms with Crippen LogP contribution in [0.25, 0.3) is 0 Å². The lowest BCUT2D eigenvalue weighted by atomic mass is 10.00. The normalized spacial score (nSPS) is 29.6. The number of aliphatic hydroxyl groups excluding tert-OH is 1. The van der Waals surface area contributed by atoms with E-state index in [2.05, 4.69) is 11.8 Å². The summed E-state index contributed by atoms with van der Waals surface area (Å²) in [7, 11) is 0. The first-order chi connectivity index (χ1) is 8.29.